The summed E-state index contributed by atoms with van der Waals surface area (Å²) < 4.78 is 0. The molecule has 1 fully saturated rings. The fourth-order valence-electron chi connectivity index (χ4n) is 3.31. The van der Waals surface area contributed by atoms with Crippen LogP contribution in [0.5, 0.6) is 0 Å². The van der Waals surface area contributed by atoms with Crippen LogP contribution in [0.3, 0.4) is 0 Å². The Balaban J connectivity index is 2.15. The van der Waals surface area contributed by atoms with Crippen molar-refractivity contribution in [1.82, 2.24) is 9.97 Å². The molecule has 3 heterocycles. The minimum Gasteiger partial charge on any atom is -0.369 e. The van der Waals surface area contributed by atoms with Crippen molar-refractivity contribution in [2.45, 2.75) is 39.7 Å². The van der Waals surface area contributed by atoms with E-state index in [1.165, 1.54) is 0 Å². The lowest BCUT2D eigenvalue weighted by molar-refractivity contribution is -0.118. The predicted octanol–water partition coefficient (Wildman–Crippen LogP) is 3.12. The average Bonchev–Trinajstić information content (AvgIpc) is 2.96. The number of aromatic amines is 1. The number of allylic oxidation sites excluding steroid dienone is 1. The molecule has 1 aliphatic heterocycles. The van der Waals surface area contributed by atoms with Gasteiger partial charge in [0.1, 0.15) is 5.65 Å². The van der Waals surface area contributed by atoms with Gasteiger partial charge in [0, 0.05) is 43.0 Å². The molecule has 0 aromatic carbocycles. The molecule has 0 unspecified atom stereocenters. The van der Waals surface area contributed by atoms with Crippen LogP contribution < -0.4 is 16.0 Å². The molecule has 6 heteroatoms. The first-order chi connectivity index (χ1) is 11.9. The van der Waals surface area contributed by atoms with Gasteiger partial charge >= 0.3 is 0 Å². The summed E-state index contributed by atoms with van der Waals surface area (Å²) in [7, 11) is 0. The number of hydrogen-bond donors (Lipinski definition) is 3. The molecule has 0 saturated carbocycles. The molecule has 0 radical (unpaired) electrons. The van der Waals surface area contributed by atoms with Crippen molar-refractivity contribution in [3.63, 3.8) is 0 Å². The SMILES string of the molecule is C=C(C)c1cnc2[nH]cc(NC(=O)C(C)C)c2c1N1CCC[C@@H](N)C1. The lowest BCUT2D eigenvalue weighted by Crippen LogP contribution is -2.43. The predicted molar refractivity (Wildman–Crippen MR) is 104 cm³/mol. The summed E-state index contributed by atoms with van der Waals surface area (Å²) in [5.74, 6) is -0.1000. The van der Waals surface area contributed by atoms with Crippen LogP contribution in [-0.4, -0.2) is 35.0 Å². The molecule has 3 rings (SSSR count). The third-order valence-corrected chi connectivity index (χ3v) is 4.69. The number of pyridine rings is 1. The zero-order valence-electron chi connectivity index (χ0n) is 15.2. The lowest BCUT2D eigenvalue weighted by atomic mass is 10.0. The number of anilines is 2. The number of hydrogen-bond acceptors (Lipinski definition) is 4. The van der Waals surface area contributed by atoms with Gasteiger partial charge in [-0.2, -0.15) is 0 Å². The summed E-state index contributed by atoms with van der Waals surface area (Å²) in [6.07, 6.45) is 5.76. The molecule has 25 heavy (non-hydrogen) atoms. The first-order valence-corrected chi connectivity index (χ1v) is 8.85. The Bertz CT molecular complexity index is 807. The van der Waals surface area contributed by atoms with E-state index in [1.54, 1.807) is 0 Å². The highest BCUT2D eigenvalue weighted by Gasteiger charge is 2.25. The molecule has 1 amide bonds. The summed E-state index contributed by atoms with van der Waals surface area (Å²) >= 11 is 0. The Hall–Kier alpha value is -2.34. The van der Waals surface area contributed by atoms with Crippen molar-refractivity contribution >= 4 is 33.9 Å². The van der Waals surface area contributed by atoms with Gasteiger partial charge in [0.15, 0.2) is 0 Å². The van der Waals surface area contributed by atoms with Gasteiger partial charge in [-0.05, 0) is 25.3 Å². The smallest absolute Gasteiger partial charge is 0.226 e. The van der Waals surface area contributed by atoms with Crippen molar-refractivity contribution in [2.24, 2.45) is 11.7 Å². The summed E-state index contributed by atoms with van der Waals surface area (Å²) in [5.41, 5.74) is 10.7. The van der Waals surface area contributed by atoms with E-state index in [0.29, 0.717) is 0 Å². The largest absolute Gasteiger partial charge is 0.369 e. The monoisotopic (exact) mass is 341 g/mol. The number of nitrogens with zero attached hydrogens (tertiary/aromatic N) is 2. The average molecular weight is 341 g/mol. The maximum absolute atomic E-state index is 12.2. The van der Waals surface area contributed by atoms with Gasteiger partial charge < -0.3 is 20.9 Å². The van der Waals surface area contributed by atoms with Gasteiger partial charge in [0.2, 0.25) is 5.91 Å². The highest BCUT2D eigenvalue weighted by molar-refractivity contribution is 6.09. The number of amides is 1. The van der Waals surface area contributed by atoms with Crippen molar-refractivity contribution < 1.29 is 4.79 Å². The molecule has 6 nitrogen and oxygen atoms in total. The summed E-state index contributed by atoms with van der Waals surface area (Å²) in [5, 5.41) is 3.96. The van der Waals surface area contributed by atoms with Gasteiger partial charge in [0.25, 0.3) is 0 Å². The van der Waals surface area contributed by atoms with E-state index in [2.05, 4.69) is 26.8 Å². The second kappa shape index (κ2) is 6.88. The summed E-state index contributed by atoms with van der Waals surface area (Å²) in [6, 6.07) is 0.155. The quantitative estimate of drug-likeness (QED) is 0.797. The molecule has 1 saturated heterocycles. The first kappa shape index (κ1) is 17.5. The number of nitrogens with one attached hydrogen (secondary N) is 2. The molecule has 2 aromatic rings. The molecule has 0 spiro atoms. The number of carbonyl (C=O) groups excluding carboxylic acids is 1. The number of H-pyrrole nitrogens is 1. The molecule has 1 atom stereocenters. The Morgan fingerprint density at radius 2 is 2.28 bits per heavy atom. The van der Waals surface area contributed by atoms with Crippen LogP contribution in [0.2, 0.25) is 0 Å². The lowest BCUT2D eigenvalue weighted by Gasteiger charge is -2.34. The minimum absolute atomic E-state index is 0.0112. The second-order valence-corrected chi connectivity index (χ2v) is 7.22. The zero-order valence-corrected chi connectivity index (χ0v) is 15.2. The zero-order chi connectivity index (χ0) is 18.1. The van der Waals surface area contributed by atoms with Crippen LogP contribution in [0, 0.1) is 5.92 Å². The van der Waals surface area contributed by atoms with Crippen LogP contribution in [-0.2, 0) is 4.79 Å². The molecular formula is C19H27N5O. The van der Waals surface area contributed by atoms with Gasteiger partial charge in [-0.3, -0.25) is 4.79 Å². The van der Waals surface area contributed by atoms with Crippen LogP contribution >= 0.6 is 0 Å². The minimum atomic E-state index is -0.0888. The Labute approximate surface area is 148 Å². The first-order valence-electron chi connectivity index (χ1n) is 8.85. The highest BCUT2D eigenvalue weighted by atomic mass is 16.1. The maximum atomic E-state index is 12.2. The molecule has 0 bridgehead atoms. The van der Waals surface area contributed by atoms with Crippen LogP contribution in [0.25, 0.3) is 16.6 Å². The standard InChI is InChI=1S/C19H27N5O/c1-11(2)14-8-21-18-16(15(9-22-18)23-19(25)12(3)4)17(14)24-7-5-6-13(20)10-24/h8-9,12-13H,1,5-7,10,20H2,2-4H3,(H,21,22)(H,23,25)/t13-/m1/s1. The number of rotatable bonds is 4. The number of aromatic nitrogens is 2. The third-order valence-electron chi connectivity index (χ3n) is 4.69. The maximum Gasteiger partial charge on any atom is 0.226 e. The third kappa shape index (κ3) is 3.39. The van der Waals surface area contributed by atoms with Gasteiger partial charge in [0.05, 0.1) is 16.8 Å². The Kier molecular flexibility index (Phi) is 4.81. The summed E-state index contributed by atoms with van der Waals surface area (Å²) in [4.78, 5) is 22.2. The van der Waals surface area contributed by atoms with E-state index < -0.39 is 0 Å². The van der Waals surface area contributed by atoms with Crippen molar-refractivity contribution in [3.05, 3.63) is 24.5 Å². The number of nitrogens with two attached hydrogens (primary N) is 1. The van der Waals surface area contributed by atoms with Crippen LogP contribution in [0.1, 0.15) is 39.2 Å². The molecule has 0 aliphatic carbocycles. The summed E-state index contributed by atoms with van der Waals surface area (Å²) in [6.45, 7) is 11.6. The van der Waals surface area contributed by atoms with E-state index in [1.807, 2.05) is 33.2 Å². The number of fused-ring (bicyclic) bond motifs is 1. The van der Waals surface area contributed by atoms with E-state index in [9.17, 15) is 4.79 Å². The second-order valence-electron chi connectivity index (χ2n) is 7.22. The van der Waals surface area contributed by atoms with E-state index in [0.717, 1.165) is 59.5 Å². The Morgan fingerprint density at radius 1 is 1.52 bits per heavy atom. The van der Waals surface area contributed by atoms with Gasteiger partial charge in [-0.15, -0.1) is 0 Å². The van der Waals surface area contributed by atoms with Crippen molar-refractivity contribution in [3.8, 4) is 0 Å². The van der Waals surface area contributed by atoms with Gasteiger partial charge in [-0.1, -0.05) is 20.4 Å². The van der Waals surface area contributed by atoms with Crippen LogP contribution in [0.15, 0.2) is 19.0 Å². The topological polar surface area (TPSA) is 87.0 Å². The van der Waals surface area contributed by atoms with E-state index in [-0.39, 0.29) is 17.9 Å². The number of carbonyl (C=O) groups is 1. The molecule has 134 valence electrons. The molecule has 2 aromatic heterocycles. The normalized spacial score (nSPS) is 18.0. The fraction of sp³-hybridized carbons (Fsp3) is 0.474. The van der Waals surface area contributed by atoms with E-state index >= 15 is 0 Å². The molecular weight excluding hydrogens is 314 g/mol. The molecule has 1 aliphatic rings. The fourth-order valence-corrected chi connectivity index (χ4v) is 3.31. The van der Waals surface area contributed by atoms with Crippen molar-refractivity contribution in [2.75, 3.05) is 23.3 Å². The van der Waals surface area contributed by atoms with Gasteiger partial charge in [-0.25, -0.2) is 4.98 Å². The Morgan fingerprint density at radius 3 is 2.92 bits per heavy atom. The van der Waals surface area contributed by atoms with Crippen LogP contribution in [0.4, 0.5) is 11.4 Å². The molecule has 4 N–H and O–H groups in total. The van der Waals surface area contributed by atoms with Crippen molar-refractivity contribution in [1.29, 1.82) is 0 Å². The number of piperidine rings is 1. The highest BCUT2D eigenvalue weighted by Crippen LogP contribution is 2.38. The van der Waals surface area contributed by atoms with E-state index in [4.69, 9.17) is 5.73 Å².